The molecule has 0 aliphatic carbocycles. The van der Waals surface area contributed by atoms with Gasteiger partial charge in [-0.2, -0.15) is 0 Å². The fourth-order valence-corrected chi connectivity index (χ4v) is 3.03. The molecule has 0 radical (unpaired) electrons. The zero-order valence-corrected chi connectivity index (χ0v) is 13.1. The summed E-state index contributed by atoms with van der Waals surface area (Å²) in [6.07, 6.45) is 0. The van der Waals surface area contributed by atoms with Crippen molar-refractivity contribution in [2.45, 2.75) is 26.9 Å². The van der Waals surface area contributed by atoms with Gasteiger partial charge in [-0.15, -0.1) is 11.3 Å². The Morgan fingerprint density at radius 2 is 2.14 bits per heavy atom. The smallest absolute Gasteiger partial charge is 0.275 e. The fourth-order valence-electron chi connectivity index (χ4n) is 2.07. The number of nitrogens with zero attached hydrogens (tertiary/aromatic N) is 2. The molecule has 5 nitrogen and oxygen atoms in total. The lowest BCUT2D eigenvalue weighted by atomic mass is 10.3. The fraction of sp³-hybridized carbons (Fsp3) is 0.333. The van der Waals surface area contributed by atoms with Crippen LogP contribution < -0.4 is 11.3 Å². The lowest BCUT2D eigenvalue weighted by molar-refractivity contribution is 0.0957. The van der Waals surface area contributed by atoms with Crippen molar-refractivity contribution in [3.63, 3.8) is 0 Å². The molecule has 2 aromatic rings. The number of carbonyl (C=O) groups excluding carboxylic acids is 1. The van der Waals surface area contributed by atoms with E-state index in [9.17, 15) is 4.79 Å². The van der Waals surface area contributed by atoms with Crippen molar-refractivity contribution in [3.8, 4) is 0 Å². The number of thiophene rings is 1. The predicted molar refractivity (Wildman–Crippen MR) is 84.7 cm³/mol. The van der Waals surface area contributed by atoms with Gasteiger partial charge in [0.2, 0.25) is 0 Å². The molecule has 0 spiro atoms. The Bertz CT molecular complexity index is 611. The van der Waals surface area contributed by atoms with Crippen LogP contribution in [0.3, 0.4) is 0 Å². The van der Waals surface area contributed by atoms with Gasteiger partial charge in [-0.3, -0.25) is 20.1 Å². The predicted octanol–water partition coefficient (Wildman–Crippen LogP) is 2.08. The minimum atomic E-state index is -0.241. The average molecular weight is 304 g/mol. The molecule has 0 fully saturated rings. The molecule has 0 aliphatic rings. The molecule has 0 bridgehead atoms. The lowest BCUT2D eigenvalue weighted by Crippen LogP contribution is -2.29. The highest BCUT2D eigenvalue weighted by Crippen LogP contribution is 2.19. The number of hydrogen-bond acceptors (Lipinski definition) is 5. The van der Waals surface area contributed by atoms with E-state index in [1.807, 2.05) is 31.2 Å². The molecule has 2 rings (SSSR count). The van der Waals surface area contributed by atoms with Gasteiger partial charge in [-0.1, -0.05) is 13.0 Å². The summed E-state index contributed by atoms with van der Waals surface area (Å²) in [7, 11) is 0. The molecule has 0 aromatic carbocycles. The number of hydrazine groups is 1. The van der Waals surface area contributed by atoms with E-state index in [1.165, 1.54) is 11.3 Å². The van der Waals surface area contributed by atoms with Gasteiger partial charge in [-0.05, 0) is 37.7 Å². The van der Waals surface area contributed by atoms with E-state index in [4.69, 9.17) is 5.84 Å². The Morgan fingerprint density at radius 1 is 1.33 bits per heavy atom. The maximum absolute atomic E-state index is 11.5. The molecule has 0 saturated heterocycles. The first-order valence-electron chi connectivity index (χ1n) is 6.87. The molecule has 0 saturated carbocycles. The molecular formula is C15H20N4OS. The zero-order valence-electron chi connectivity index (χ0n) is 12.3. The van der Waals surface area contributed by atoms with Crippen molar-refractivity contribution in [1.82, 2.24) is 15.3 Å². The third-order valence-electron chi connectivity index (χ3n) is 3.17. The van der Waals surface area contributed by atoms with Crippen molar-refractivity contribution < 1.29 is 4.79 Å². The van der Waals surface area contributed by atoms with Gasteiger partial charge >= 0.3 is 0 Å². The number of nitrogen functional groups attached to an aromatic ring is 1. The second-order valence-corrected chi connectivity index (χ2v) is 5.98. The molecular weight excluding hydrogens is 284 g/mol. The van der Waals surface area contributed by atoms with Crippen LogP contribution in [0.5, 0.6) is 0 Å². The molecule has 0 aliphatic heterocycles. The Kier molecular flexibility index (Phi) is 5.44. The summed E-state index contributed by atoms with van der Waals surface area (Å²) in [6, 6.07) is 9.84. The van der Waals surface area contributed by atoms with Crippen LogP contribution in [-0.2, 0) is 13.1 Å². The minimum Gasteiger partial charge on any atom is -0.293 e. The third kappa shape index (κ3) is 4.35. The summed E-state index contributed by atoms with van der Waals surface area (Å²) in [6.45, 7) is 6.64. The summed E-state index contributed by atoms with van der Waals surface area (Å²) in [5.74, 6) is 4.90. The van der Waals surface area contributed by atoms with Crippen LogP contribution in [0, 0.1) is 6.92 Å². The van der Waals surface area contributed by atoms with Crippen molar-refractivity contribution in [1.29, 1.82) is 0 Å². The molecule has 0 unspecified atom stereocenters. The highest BCUT2D eigenvalue weighted by atomic mass is 32.1. The maximum Gasteiger partial charge on any atom is 0.275 e. The van der Waals surface area contributed by atoms with Crippen LogP contribution in [0.2, 0.25) is 0 Å². The van der Waals surface area contributed by atoms with Crippen LogP contribution in [0.15, 0.2) is 30.3 Å². The summed E-state index contributed by atoms with van der Waals surface area (Å²) in [5.41, 5.74) is 4.25. The first kappa shape index (κ1) is 15.6. The SMILES string of the molecule is CCN(Cc1cccc(C)n1)Cc1ccc(C(=O)NN)s1. The van der Waals surface area contributed by atoms with Gasteiger partial charge in [0, 0.05) is 23.7 Å². The standard InChI is InChI=1S/C15H20N4OS/c1-3-19(9-12-6-4-5-11(2)17-12)10-13-7-8-14(21-13)15(20)18-16/h4-8H,3,9-10,16H2,1-2H3,(H,18,20). The number of amides is 1. The number of hydrogen-bond donors (Lipinski definition) is 2. The van der Waals surface area contributed by atoms with Gasteiger partial charge in [-0.25, -0.2) is 5.84 Å². The lowest BCUT2D eigenvalue weighted by Gasteiger charge is -2.19. The molecule has 1 amide bonds. The molecule has 6 heteroatoms. The van der Waals surface area contributed by atoms with Gasteiger partial charge in [0.1, 0.15) is 0 Å². The molecule has 2 aromatic heterocycles. The van der Waals surface area contributed by atoms with E-state index in [2.05, 4.69) is 22.2 Å². The normalized spacial score (nSPS) is 10.9. The van der Waals surface area contributed by atoms with Crippen LogP contribution >= 0.6 is 11.3 Å². The van der Waals surface area contributed by atoms with Crippen molar-refractivity contribution in [3.05, 3.63) is 51.5 Å². The first-order valence-corrected chi connectivity index (χ1v) is 7.68. The molecule has 2 heterocycles. The first-order chi connectivity index (χ1) is 10.1. The number of nitrogens with two attached hydrogens (primary N) is 1. The van der Waals surface area contributed by atoms with E-state index < -0.39 is 0 Å². The van der Waals surface area contributed by atoms with E-state index in [1.54, 1.807) is 6.07 Å². The van der Waals surface area contributed by atoms with Gasteiger partial charge < -0.3 is 0 Å². The maximum atomic E-state index is 11.5. The topological polar surface area (TPSA) is 71.2 Å². The van der Waals surface area contributed by atoms with Gasteiger partial charge in [0.05, 0.1) is 10.6 Å². The summed E-state index contributed by atoms with van der Waals surface area (Å²) >= 11 is 1.47. The van der Waals surface area contributed by atoms with Crippen LogP contribution in [0.4, 0.5) is 0 Å². The van der Waals surface area contributed by atoms with Crippen LogP contribution in [0.25, 0.3) is 0 Å². The quantitative estimate of drug-likeness (QED) is 0.487. The zero-order chi connectivity index (χ0) is 15.2. The highest BCUT2D eigenvalue weighted by molar-refractivity contribution is 7.14. The van der Waals surface area contributed by atoms with E-state index in [-0.39, 0.29) is 5.91 Å². The molecule has 112 valence electrons. The Labute approximate surface area is 128 Å². The average Bonchev–Trinajstić information content (AvgIpc) is 2.94. The van der Waals surface area contributed by atoms with Gasteiger partial charge in [0.25, 0.3) is 5.91 Å². The van der Waals surface area contributed by atoms with Crippen molar-refractivity contribution >= 4 is 17.2 Å². The van der Waals surface area contributed by atoms with E-state index in [0.29, 0.717) is 4.88 Å². The second kappa shape index (κ2) is 7.31. The number of aryl methyl sites for hydroxylation is 1. The summed E-state index contributed by atoms with van der Waals surface area (Å²) in [5, 5.41) is 0. The van der Waals surface area contributed by atoms with Crippen LogP contribution in [0.1, 0.15) is 32.9 Å². The van der Waals surface area contributed by atoms with E-state index >= 15 is 0 Å². The van der Waals surface area contributed by atoms with Gasteiger partial charge in [0.15, 0.2) is 0 Å². The van der Waals surface area contributed by atoms with Crippen molar-refractivity contribution in [2.24, 2.45) is 5.84 Å². The summed E-state index contributed by atoms with van der Waals surface area (Å²) in [4.78, 5) is 20.1. The third-order valence-corrected chi connectivity index (χ3v) is 4.24. The Hall–Kier alpha value is -1.76. The Balaban J connectivity index is 2.02. The monoisotopic (exact) mass is 304 g/mol. The summed E-state index contributed by atoms with van der Waals surface area (Å²) < 4.78 is 0. The van der Waals surface area contributed by atoms with Crippen LogP contribution in [-0.4, -0.2) is 22.3 Å². The number of carbonyl (C=O) groups is 1. The highest BCUT2D eigenvalue weighted by Gasteiger charge is 2.11. The number of pyridine rings is 1. The van der Waals surface area contributed by atoms with Crippen molar-refractivity contribution in [2.75, 3.05) is 6.54 Å². The number of aromatic nitrogens is 1. The molecule has 0 atom stereocenters. The molecule has 21 heavy (non-hydrogen) atoms. The number of rotatable bonds is 6. The Morgan fingerprint density at radius 3 is 2.81 bits per heavy atom. The number of nitrogens with one attached hydrogen (secondary N) is 1. The molecule has 3 N–H and O–H groups in total. The largest absolute Gasteiger partial charge is 0.293 e. The second-order valence-electron chi connectivity index (χ2n) is 4.81. The van der Waals surface area contributed by atoms with E-state index in [0.717, 1.165) is 35.9 Å². The minimum absolute atomic E-state index is 0.241.